The van der Waals surface area contributed by atoms with Gasteiger partial charge >= 0.3 is 5.97 Å². The molecule has 0 aliphatic rings. The third-order valence-corrected chi connectivity index (χ3v) is 2.70. The summed E-state index contributed by atoms with van der Waals surface area (Å²) in [6, 6.07) is 3.57. The van der Waals surface area contributed by atoms with Gasteiger partial charge in [-0.1, -0.05) is 0 Å². The Hall–Kier alpha value is -2.24. The van der Waals surface area contributed by atoms with Crippen molar-refractivity contribution in [2.75, 3.05) is 11.4 Å². The minimum Gasteiger partial charge on any atom is -0.480 e. The first-order valence-electron chi connectivity index (χ1n) is 5.95. The van der Waals surface area contributed by atoms with Gasteiger partial charge in [0, 0.05) is 17.9 Å². The van der Waals surface area contributed by atoms with Gasteiger partial charge in [0.2, 0.25) is 0 Å². The molecular formula is C13H16N4O2. The van der Waals surface area contributed by atoms with Gasteiger partial charge in [0.05, 0.1) is 0 Å². The van der Waals surface area contributed by atoms with Gasteiger partial charge in [-0.25, -0.2) is 9.97 Å². The first kappa shape index (κ1) is 13.2. The lowest BCUT2D eigenvalue weighted by molar-refractivity contribution is -0.135. The fraction of sp³-hybridized carbons (Fsp3) is 0.385. The number of hydrogen-bond donors (Lipinski definition) is 1. The zero-order valence-electron chi connectivity index (χ0n) is 11.2. The van der Waals surface area contributed by atoms with Crippen LogP contribution in [0, 0.1) is 0 Å². The van der Waals surface area contributed by atoms with Crippen LogP contribution in [0.5, 0.6) is 0 Å². The van der Waals surface area contributed by atoms with E-state index in [2.05, 4.69) is 15.0 Å². The average Bonchev–Trinajstić information content (AvgIpc) is 2.34. The predicted octanol–water partition coefficient (Wildman–Crippen LogP) is 1.71. The van der Waals surface area contributed by atoms with E-state index in [-0.39, 0.29) is 12.1 Å². The molecule has 1 N–H and O–H groups in total. The van der Waals surface area contributed by atoms with Crippen LogP contribution < -0.4 is 4.90 Å². The van der Waals surface area contributed by atoms with Gasteiger partial charge in [0.25, 0.3) is 0 Å². The largest absolute Gasteiger partial charge is 0.480 e. The number of aliphatic carboxylic acids is 1. The Bertz CT molecular complexity index is 607. The number of anilines is 1. The normalized spacial score (nSPS) is 11.5. The molecule has 0 unspecified atom stereocenters. The number of fused-ring (bicyclic) bond motifs is 1. The number of aromatic nitrogens is 3. The lowest BCUT2D eigenvalue weighted by atomic mass is 10.1. The summed E-state index contributed by atoms with van der Waals surface area (Å²) in [7, 11) is 0. The highest BCUT2D eigenvalue weighted by Gasteiger charge is 2.25. The fourth-order valence-electron chi connectivity index (χ4n) is 1.79. The van der Waals surface area contributed by atoms with Gasteiger partial charge in [-0.3, -0.25) is 9.78 Å². The highest BCUT2D eigenvalue weighted by atomic mass is 16.4. The summed E-state index contributed by atoms with van der Waals surface area (Å²) in [5.74, 6) is -0.307. The van der Waals surface area contributed by atoms with Crippen molar-refractivity contribution >= 4 is 23.0 Å². The van der Waals surface area contributed by atoms with Crippen LogP contribution in [0.1, 0.15) is 20.8 Å². The van der Waals surface area contributed by atoms with Crippen molar-refractivity contribution in [3.05, 3.63) is 24.5 Å². The quantitative estimate of drug-likeness (QED) is 0.905. The number of carboxylic acid groups (broad SMARTS) is 1. The lowest BCUT2D eigenvalue weighted by Gasteiger charge is -2.35. The second-order valence-electron chi connectivity index (χ2n) is 5.22. The molecule has 100 valence electrons. The molecule has 0 saturated heterocycles. The summed E-state index contributed by atoms with van der Waals surface area (Å²) in [6.07, 6.45) is 3.17. The van der Waals surface area contributed by atoms with Gasteiger partial charge in [-0.05, 0) is 32.9 Å². The van der Waals surface area contributed by atoms with Crippen molar-refractivity contribution < 1.29 is 9.90 Å². The molecule has 0 aliphatic carbocycles. The number of carbonyl (C=O) groups is 1. The second-order valence-corrected chi connectivity index (χ2v) is 5.22. The van der Waals surface area contributed by atoms with Crippen molar-refractivity contribution in [3.8, 4) is 0 Å². The molecule has 0 aromatic carbocycles. The first-order valence-corrected chi connectivity index (χ1v) is 5.95. The lowest BCUT2D eigenvalue weighted by Crippen LogP contribution is -2.45. The standard InChI is InChI=1S/C13H16N4O2/c1-13(2,3)17(8-11(18)19)10-5-4-9-12(16-10)15-7-6-14-9/h4-7H,8H2,1-3H3,(H,18,19). The van der Waals surface area contributed by atoms with Crippen LogP contribution in [-0.2, 0) is 4.79 Å². The Morgan fingerprint density at radius 1 is 1.26 bits per heavy atom. The van der Waals surface area contributed by atoms with Crippen molar-refractivity contribution in [2.45, 2.75) is 26.3 Å². The van der Waals surface area contributed by atoms with E-state index in [4.69, 9.17) is 5.11 Å². The fourth-order valence-corrected chi connectivity index (χ4v) is 1.79. The van der Waals surface area contributed by atoms with Gasteiger partial charge < -0.3 is 10.0 Å². The van der Waals surface area contributed by atoms with Crippen LogP contribution in [0.3, 0.4) is 0 Å². The Balaban J connectivity index is 2.46. The van der Waals surface area contributed by atoms with Gasteiger partial charge in [-0.2, -0.15) is 0 Å². The van der Waals surface area contributed by atoms with E-state index in [1.54, 1.807) is 29.4 Å². The molecule has 0 bridgehead atoms. The van der Waals surface area contributed by atoms with Gasteiger partial charge in [-0.15, -0.1) is 0 Å². The summed E-state index contributed by atoms with van der Waals surface area (Å²) in [6.45, 7) is 5.72. The summed E-state index contributed by atoms with van der Waals surface area (Å²) in [5.41, 5.74) is 0.858. The van der Waals surface area contributed by atoms with Crippen molar-refractivity contribution in [1.82, 2.24) is 15.0 Å². The molecule has 6 heteroatoms. The number of nitrogens with zero attached hydrogens (tertiary/aromatic N) is 4. The topological polar surface area (TPSA) is 79.2 Å². The Labute approximate surface area is 111 Å². The van der Waals surface area contributed by atoms with Crippen LogP contribution in [0.4, 0.5) is 5.82 Å². The van der Waals surface area contributed by atoms with E-state index >= 15 is 0 Å². The van der Waals surface area contributed by atoms with Crippen molar-refractivity contribution in [3.63, 3.8) is 0 Å². The number of pyridine rings is 1. The molecule has 2 aromatic heterocycles. The molecule has 0 saturated carbocycles. The molecule has 0 fully saturated rings. The predicted molar refractivity (Wildman–Crippen MR) is 72.1 cm³/mol. The number of hydrogen-bond acceptors (Lipinski definition) is 5. The van der Waals surface area contributed by atoms with Crippen LogP contribution in [-0.4, -0.2) is 38.1 Å². The number of rotatable bonds is 3. The van der Waals surface area contributed by atoms with Crippen molar-refractivity contribution in [2.24, 2.45) is 0 Å². The molecule has 2 aromatic rings. The average molecular weight is 260 g/mol. The molecule has 0 radical (unpaired) electrons. The van der Waals surface area contributed by atoms with E-state index in [0.29, 0.717) is 17.0 Å². The SMILES string of the molecule is CC(C)(C)N(CC(=O)O)c1ccc2nccnc2n1. The van der Waals surface area contributed by atoms with E-state index in [9.17, 15) is 4.79 Å². The molecule has 2 rings (SSSR count). The van der Waals surface area contributed by atoms with Crippen LogP contribution >= 0.6 is 0 Å². The third-order valence-electron chi connectivity index (χ3n) is 2.70. The van der Waals surface area contributed by atoms with Gasteiger partial charge in [0.1, 0.15) is 17.9 Å². The Kier molecular flexibility index (Phi) is 3.33. The molecule has 2 heterocycles. The Morgan fingerprint density at radius 3 is 2.58 bits per heavy atom. The highest BCUT2D eigenvalue weighted by molar-refractivity contribution is 5.76. The minimum absolute atomic E-state index is 0.109. The highest BCUT2D eigenvalue weighted by Crippen LogP contribution is 2.22. The summed E-state index contributed by atoms with van der Waals surface area (Å²) in [5, 5.41) is 9.02. The summed E-state index contributed by atoms with van der Waals surface area (Å²) < 4.78 is 0. The van der Waals surface area contributed by atoms with Crippen molar-refractivity contribution in [1.29, 1.82) is 0 Å². The number of carboxylic acids is 1. The van der Waals surface area contributed by atoms with Crippen LogP contribution in [0.15, 0.2) is 24.5 Å². The van der Waals surface area contributed by atoms with E-state index < -0.39 is 5.97 Å². The molecule has 0 aliphatic heterocycles. The smallest absolute Gasteiger partial charge is 0.323 e. The second kappa shape index (κ2) is 4.79. The van der Waals surface area contributed by atoms with E-state index in [1.165, 1.54) is 0 Å². The molecule has 0 spiro atoms. The molecular weight excluding hydrogens is 244 g/mol. The van der Waals surface area contributed by atoms with Crippen LogP contribution in [0.25, 0.3) is 11.2 Å². The third kappa shape index (κ3) is 2.96. The molecule has 0 amide bonds. The summed E-state index contributed by atoms with van der Waals surface area (Å²) in [4.78, 5) is 25.4. The van der Waals surface area contributed by atoms with Crippen LogP contribution in [0.2, 0.25) is 0 Å². The van der Waals surface area contributed by atoms with E-state index in [1.807, 2.05) is 20.8 Å². The zero-order valence-corrected chi connectivity index (χ0v) is 11.2. The maximum Gasteiger partial charge on any atom is 0.323 e. The van der Waals surface area contributed by atoms with Gasteiger partial charge in [0.15, 0.2) is 5.65 Å². The van der Waals surface area contributed by atoms with E-state index in [0.717, 1.165) is 0 Å². The minimum atomic E-state index is -0.893. The Morgan fingerprint density at radius 2 is 1.95 bits per heavy atom. The maximum absolute atomic E-state index is 11.0. The molecule has 19 heavy (non-hydrogen) atoms. The molecule has 0 atom stereocenters. The summed E-state index contributed by atoms with van der Waals surface area (Å²) >= 11 is 0. The zero-order chi connectivity index (χ0) is 14.0. The monoisotopic (exact) mass is 260 g/mol. The molecule has 6 nitrogen and oxygen atoms in total. The maximum atomic E-state index is 11.0. The first-order chi connectivity index (χ1) is 8.88.